The van der Waals surface area contributed by atoms with Gasteiger partial charge in [0, 0.05) is 56.0 Å². The standard InChI is InChI=1S/C27H30BrN5O4S/c1-3-32-24-17-23(29-25(24)26(34)33(4-2)27(32)35)19-9-11-21(12-10-19)38(36,37)31-15-13-30(14-16-31)18-20-7-5-6-8-22(20)28/h5-12,17,29H,3-4,13-16,18H2,1-2H3. The van der Waals surface area contributed by atoms with Crippen molar-refractivity contribution in [3.63, 3.8) is 0 Å². The maximum atomic E-state index is 13.3. The van der Waals surface area contributed by atoms with E-state index in [0.29, 0.717) is 49.5 Å². The number of aromatic amines is 1. The van der Waals surface area contributed by atoms with E-state index in [-0.39, 0.29) is 22.7 Å². The van der Waals surface area contributed by atoms with Crippen molar-refractivity contribution in [1.82, 2.24) is 23.3 Å². The lowest BCUT2D eigenvalue weighted by Crippen LogP contribution is -2.48. The quantitative estimate of drug-likeness (QED) is 0.350. The second-order valence-corrected chi connectivity index (χ2v) is 12.1. The second-order valence-electron chi connectivity index (χ2n) is 9.32. The van der Waals surface area contributed by atoms with Gasteiger partial charge in [-0.15, -0.1) is 0 Å². The van der Waals surface area contributed by atoms with Crippen LogP contribution in [0.4, 0.5) is 0 Å². The Hall–Kier alpha value is -2.99. The first kappa shape index (κ1) is 26.6. The van der Waals surface area contributed by atoms with Crippen LogP contribution in [0.15, 0.2) is 73.6 Å². The van der Waals surface area contributed by atoms with Crippen LogP contribution in [-0.2, 0) is 29.7 Å². The SMILES string of the molecule is CCn1c(=O)c2[nH]c(-c3ccc(S(=O)(=O)N4CCN(Cc5ccccc5Br)CC4)cc3)cc2n(CC)c1=O. The Morgan fingerprint density at radius 1 is 0.895 bits per heavy atom. The van der Waals surface area contributed by atoms with Gasteiger partial charge >= 0.3 is 5.69 Å². The molecule has 0 saturated carbocycles. The molecule has 1 aliphatic heterocycles. The van der Waals surface area contributed by atoms with E-state index in [9.17, 15) is 18.0 Å². The molecule has 0 bridgehead atoms. The monoisotopic (exact) mass is 599 g/mol. The van der Waals surface area contributed by atoms with Crippen molar-refractivity contribution in [3.05, 3.63) is 85.5 Å². The second kappa shape index (κ2) is 10.6. The van der Waals surface area contributed by atoms with Crippen molar-refractivity contribution in [2.24, 2.45) is 0 Å². The number of aromatic nitrogens is 3. The average molecular weight is 601 g/mol. The van der Waals surface area contributed by atoms with Gasteiger partial charge in [-0.1, -0.05) is 46.3 Å². The topological polar surface area (TPSA) is 100 Å². The Labute approximate surface area is 229 Å². The molecule has 0 aliphatic carbocycles. The fourth-order valence-corrected chi connectivity index (χ4v) is 6.81. The molecule has 2 aromatic heterocycles. The summed E-state index contributed by atoms with van der Waals surface area (Å²) >= 11 is 3.58. The molecule has 9 nitrogen and oxygen atoms in total. The van der Waals surface area contributed by atoms with Gasteiger partial charge in [0.1, 0.15) is 5.52 Å². The number of nitrogens with zero attached hydrogens (tertiary/aromatic N) is 4. The summed E-state index contributed by atoms with van der Waals surface area (Å²) in [6.07, 6.45) is 0. The molecule has 11 heteroatoms. The van der Waals surface area contributed by atoms with E-state index in [1.54, 1.807) is 41.8 Å². The molecule has 38 heavy (non-hydrogen) atoms. The zero-order valence-corrected chi connectivity index (χ0v) is 23.8. The minimum atomic E-state index is -3.63. The number of hydrogen-bond acceptors (Lipinski definition) is 5. The Morgan fingerprint density at radius 2 is 1.55 bits per heavy atom. The highest BCUT2D eigenvalue weighted by atomic mass is 79.9. The van der Waals surface area contributed by atoms with Gasteiger partial charge in [-0.2, -0.15) is 4.31 Å². The van der Waals surface area contributed by atoms with Crippen LogP contribution < -0.4 is 11.2 Å². The Morgan fingerprint density at radius 3 is 2.18 bits per heavy atom. The predicted octanol–water partition coefficient (Wildman–Crippen LogP) is 3.47. The molecule has 0 amide bonds. The van der Waals surface area contributed by atoms with Crippen molar-refractivity contribution in [2.45, 2.75) is 38.4 Å². The Bertz CT molecular complexity index is 1700. The molecular weight excluding hydrogens is 570 g/mol. The molecular formula is C27H30BrN5O4S. The number of sulfonamides is 1. The van der Waals surface area contributed by atoms with Gasteiger partial charge in [-0.05, 0) is 49.2 Å². The normalized spacial score (nSPS) is 15.3. The van der Waals surface area contributed by atoms with Gasteiger partial charge in [0.05, 0.1) is 10.4 Å². The number of benzene rings is 2. The summed E-state index contributed by atoms with van der Waals surface area (Å²) in [5.74, 6) is 0. The highest BCUT2D eigenvalue weighted by Gasteiger charge is 2.28. The predicted molar refractivity (Wildman–Crippen MR) is 152 cm³/mol. The van der Waals surface area contributed by atoms with E-state index in [4.69, 9.17) is 0 Å². The third-order valence-electron chi connectivity index (χ3n) is 7.13. The lowest BCUT2D eigenvalue weighted by atomic mass is 10.1. The largest absolute Gasteiger partial charge is 0.349 e. The minimum absolute atomic E-state index is 0.232. The molecule has 5 rings (SSSR count). The summed E-state index contributed by atoms with van der Waals surface area (Å²) < 4.78 is 32.0. The molecule has 1 fully saturated rings. The molecule has 0 unspecified atom stereocenters. The summed E-state index contributed by atoms with van der Waals surface area (Å²) in [5.41, 5.74) is 2.77. The average Bonchev–Trinajstić information content (AvgIpc) is 3.37. The van der Waals surface area contributed by atoms with E-state index in [2.05, 4.69) is 31.9 Å². The summed E-state index contributed by atoms with van der Waals surface area (Å²) in [7, 11) is -3.63. The molecule has 1 aliphatic rings. The molecule has 2 aromatic carbocycles. The third-order valence-corrected chi connectivity index (χ3v) is 9.81. The zero-order valence-electron chi connectivity index (χ0n) is 21.4. The number of hydrogen-bond donors (Lipinski definition) is 1. The van der Waals surface area contributed by atoms with Gasteiger partial charge in [0.15, 0.2) is 0 Å². The maximum absolute atomic E-state index is 13.3. The highest BCUT2D eigenvalue weighted by Crippen LogP contribution is 2.26. The first-order valence-corrected chi connectivity index (χ1v) is 14.9. The van der Waals surface area contributed by atoms with E-state index >= 15 is 0 Å². The van der Waals surface area contributed by atoms with Crippen LogP contribution in [-0.4, -0.2) is 57.9 Å². The summed E-state index contributed by atoms with van der Waals surface area (Å²) in [5, 5.41) is 0. The first-order chi connectivity index (χ1) is 18.2. The van der Waals surface area contributed by atoms with Crippen molar-refractivity contribution in [3.8, 4) is 11.3 Å². The van der Waals surface area contributed by atoms with E-state index in [0.717, 1.165) is 16.6 Å². The maximum Gasteiger partial charge on any atom is 0.331 e. The van der Waals surface area contributed by atoms with Gasteiger partial charge in [0.2, 0.25) is 10.0 Å². The van der Waals surface area contributed by atoms with E-state index in [1.807, 2.05) is 25.1 Å². The summed E-state index contributed by atoms with van der Waals surface area (Å²) in [4.78, 5) is 31.1. The van der Waals surface area contributed by atoms with Gasteiger partial charge < -0.3 is 4.98 Å². The fraction of sp³-hybridized carbons (Fsp3) is 0.333. The lowest BCUT2D eigenvalue weighted by molar-refractivity contribution is 0.181. The number of aryl methyl sites for hydroxylation is 1. The van der Waals surface area contributed by atoms with E-state index < -0.39 is 10.0 Å². The highest BCUT2D eigenvalue weighted by molar-refractivity contribution is 9.10. The van der Waals surface area contributed by atoms with Crippen molar-refractivity contribution >= 4 is 37.0 Å². The van der Waals surface area contributed by atoms with Crippen LogP contribution in [0, 0.1) is 0 Å². The van der Waals surface area contributed by atoms with E-state index in [1.165, 1.54) is 14.4 Å². The molecule has 4 aromatic rings. The number of fused-ring (bicyclic) bond motifs is 1. The Kier molecular flexibility index (Phi) is 7.45. The Balaban J connectivity index is 1.34. The van der Waals surface area contributed by atoms with Crippen LogP contribution in [0.5, 0.6) is 0 Å². The first-order valence-electron chi connectivity index (χ1n) is 12.7. The van der Waals surface area contributed by atoms with Gasteiger partial charge in [-0.3, -0.25) is 18.8 Å². The molecule has 0 spiro atoms. The van der Waals surface area contributed by atoms with Gasteiger partial charge in [0.25, 0.3) is 5.56 Å². The summed E-state index contributed by atoms with van der Waals surface area (Å²) in [6, 6.07) is 16.5. The van der Waals surface area contributed by atoms with Crippen molar-refractivity contribution in [2.75, 3.05) is 26.2 Å². The number of halogens is 1. The minimum Gasteiger partial charge on any atom is -0.349 e. The van der Waals surface area contributed by atoms with Crippen LogP contribution in [0.2, 0.25) is 0 Å². The molecule has 1 N–H and O–H groups in total. The number of rotatable bonds is 7. The number of H-pyrrole nitrogens is 1. The number of piperazine rings is 1. The van der Waals surface area contributed by atoms with Crippen molar-refractivity contribution in [1.29, 1.82) is 0 Å². The van der Waals surface area contributed by atoms with Crippen LogP contribution in [0.25, 0.3) is 22.3 Å². The molecule has 1 saturated heterocycles. The number of nitrogens with one attached hydrogen (secondary N) is 1. The zero-order chi connectivity index (χ0) is 27.0. The lowest BCUT2D eigenvalue weighted by Gasteiger charge is -2.34. The van der Waals surface area contributed by atoms with Crippen LogP contribution >= 0.6 is 15.9 Å². The summed E-state index contributed by atoms with van der Waals surface area (Å²) in [6.45, 7) is 7.27. The van der Waals surface area contributed by atoms with Gasteiger partial charge in [-0.25, -0.2) is 13.2 Å². The molecule has 3 heterocycles. The third kappa shape index (κ3) is 4.79. The van der Waals surface area contributed by atoms with Crippen LogP contribution in [0.3, 0.4) is 0 Å². The smallest absolute Gasteiger partial charge is 0.331 e. The molecule has 200 valence electrons. The molecule has 0 atom stereocenters. The fourth-order valence-electron chi connectivity index (χ4n) is 4.98. The van der Waals surface area contributed by atoms with Crippen molar-refractivity contribution < 1.29 is 8.42 Å². The van der Waals surface area contributed by atoms with Crippen LogP contribution in [0.1, 0.15) is 19.4 Å². The molecule has 0 radical (unpaired) electrons.